The molecule has 5 nitrogen and oxygen atoms in total. The summed E-state index contributed by atoms with van der Waals surface area (Å²) in [6, 6.07) is 2.42. The highest BCUT2D eigenvalue weighted by Crippen LogP contribution is 2.19. The summed E-state index contributed by atoms with van der Waals surface area (Å²) in [5.74, 6) is -0.689. The summed E-state index contributed by atoms with van der Waals surface area (Å²) in [5, 5.41) is 8.74. The fourth-order valence-electron chi connectivity index (χ4n) is 1.11. The van der Waals surface area contributed by atoms with Crippen LogP contribution < -0.4 is 10.5 Å². The molecule has 0 aliphatic rings. The van der Waals surface area contributed by atoms with E-state index in [0.29, 0.717) is 0 Å². The number of nitrogens with one attached hydrogen (secondary N) is 1. The lowest BCUT2D eigenvalue weighted by molar-refractivity contribution is 0.265. The topological polar surface area (TPSA) is 92.4 Å². The quantitative estimate of drug-likeness (QED) is 0.657. The predicted octanol–water partition coefficient (Wildman–Crippen LogP) is 0.0670. The molecule has 1 aromatic rings. The van der Waals surface area contributed by atoms with Crippen molar-refractivity contribution in [2.45, 2.75) is 17.9 Å². The molecule has 90 valence electrons. The van der Waals surface area contributed by atoms with Gasteiger partial charge in [0.05, 0.1) is 12.3 Å². The fourth-order valence-corrected chi connectivity index (χ4v) is 2.48. The number of aliphatic hydroxyl groups excluding tert-OH is 1. The number of nitrogen functional groups attached to an aromatic ring is 1. The highest BCUT2D eigenvalue weighted by Gasteiger charge is 2.20. The van der Waals surface area contributed by atoms with E-state index in [9.17, 15) is 12.8 Å². The van der Waals surface area contributed by atoms with Gasteiger partial charge >= 0.3 is 0 Å². The minimum atomic E-state index is -3.90. The number of nitrogens with two attached hydrogens (primary N) is 1. The van der Waals surface area contributed by atoms with Crippen LogP contribution in [0.2, 0.25) is 0 Å². The first-order chi connectivity index (χ1) is 7.36. The van der Waals surface area contributed by atoms with Gasteiger partial charge in [-0.05, 0) is 25.1 Å². The molecule has 0 amide bonds. The second-order valence-corrected chi connectivity index (χ2v) is 5.07. The molecule has 0 heterocycles. The summed E-state index contributed by atoms with van der Waals surface area (Å²) in [6.07, 6.45) is 0. The van der Waals surface area contributed by atoms with Gasteiger partial charge in [-0.2, -0.15) is 0 Å². The van der Waals surface area contributed by atoms with Crippen molar-refractivity contribution < 1.29 is 17.9 Å². The van der Waals surface area contributed by atoms with Gasteiger partial charge in [0.15, 0.2) is 0 Å². The first-order valence-electron chi connectivity index (χ1n) is 4.55. The van der Waals surface area contributed by atoms with Crippen molar-refractivity contribution in [2.75, 3.05) is 12.3 Å². The average Bonchev–Trinajstić information content (AvgIpc) is 2.20. The number of halogens is 1. The maximum Gasteiger partial charge on any atom is 0.243 e. The van der Waals surface area contributed by atoms with Crippen LogP contribution in [0.5, 0.6) is 0 Å². The normalized spacial score (nSPS) is 13.7. The van der Waals surface area contributed by atoms with Crippen LogP contribution in [0.3, 0.4) is 0 Å². The van der Waals surface area contributed by atoms with E-state index in [1.807, 2.05) is 0 Å². The summed E-state index contributed by atoms with van der Waals surface area (Å²) in [6.45, 7) is 1.13. The minimum Gasteiger partial charge on any atom is -0.398 e. The maximum absolute atomic E-state index is 12.9. The molecule has 0 saturated heterocycles. The maximum atomic E-state index is 12.9. The van der Waals surface area contributed by atoms with Gasteiger partial charge in [0.2, 0.25) is 10.0 Å². The Labute approximate surface area is 93.1 Å². The van der Waals surface area contributed by atoms with Crippen LogP contribution in [0.15, 0.2) is 23.1 Å². The molecule has 1 aromatic carbocycles. The van der Waals surface area contributed by atoms with E-state index in [0.717, 1.165) is 12.1 Å². The van der Waals surface area contributed by atoms with Gasteiger partial charge in [0.25, 0.3) is 0 Å². The van der Waals surface area contributed by atoms with Crippen molar-refractivity contribution in [3.05, 3.63) is 24.0 Å². The molecule has 0 aliphatic heterocycles. The highest BCUT2D eigenvalue weighted by molar-refractivity contribution is 7.89. The molecule has 7 heteroatoms. The number of hydrogen-bond donors (Lipinski definition) is 3. The first-order valence-corrected chi connectivity index (χ1v) is 6.03. The largest absolute Gasteiger partial charge is 0.398 e. The van der Waals surface area contributed by atoms with Crippen LogP contribution in [-0.2, 0) is 10.0 Å². The molecular weight excluding hydrogens is 235 g/mol. The molecule has 0 spiro atoms. The second-order valence-electron chi connectivity index (χ2n) is 3.39. The number of sulfonamides is 1. The molecule has 0 saturated carbocycles. The Morgan fingerprint density at radius 3 is 2.75 bits per heavy atom. The molecule has 1 unspecified atom stereocenters. The molecule has 4 N–H and O–H groups in total. The van der Waals surface area contributed by atoms with Gasteiger partial charge in [-0.3, -0.25) is 0 Å². The summed E-state index contributed by atoms with van der Waals surface area (Å²) >= 11 is 0. The molecular formula is C9H13FN2O3S. The Kier molecular flexibility index (Phi) is 3.84. The molecule has 0 aliphatic carbocycles. The van der Waals surface area contributed by atoms with E-state index < -0.39 is 21.9 Å². The zero-order valence-electron chi connectivity index (χ0n) is 8.64. The van der Waals surface area contributed by atoms with Gasteiger partial charge in [-0.25, -0.2) is 17.5 Å². The van der Waals surface area contributed by atoms with Crippen molar-refractivity contribution >= 4 is 15.7 Å². The number of aliphatic hydroxyl groups is 1. The summed E-state index contributed by atoms with van der Waals surface area (Å²) in [7, 11) is -3.90. The Balaban J connectivity index is 3.12. The van der Waals surface area contributed by atoms with Crippen LogP contribution in [0, 0.1) is 5.82 Å². The van der Waals surface area contributed by atoms with Gasteiger partial charge in [0.1, 0.15) is 10.7 Å². The first kappa shape index (κ1) is 12.9. The van der Waals surface area contributed by atoms with E-state index >= 15 is 0 Å². The van der Waals surface area contributed by atoms with Crippen molar-refractivity contribution in [1.82, 2.24) is 4.72 Å². The standard InChI is InChI=1S/C9H13FN2O3S/c1-6(5-13)12-16(14,15)9-4-7(10)2-3-8(9)11/h2-4,6,12-13H,5,11H2,1H3. The zero-order chi connectivity index (χ0) is 12.3. The third kappa shape index (κ3) is 2.91. The molecule has 16 heavy (non-hydrogen) atoms. The lowest BCUT2D eigenvalue weighted by Gasteiger charge is -2.12. The molecule has 0 aromatic heterocycles. The van der Waals surface area contributed by atoms with Gasteiger partial charge in [-0.1, -0.05) is 0 Å². The monoisotopic (exact) mass is 248 g/mol. The van der Waals surface area contributed by atoms with Crippen LogP contribution >= 0.6 is 0 Å². The van der Waals surface area contributed by atoms with Gasteiger partial charge in [0, 0.05) is 6.04 Å². The van der Waals surface area contributed by atoms with Crippen LogP contribution in [0.4, 0.5) is 10.1 Å². The molecule has 0 radical (unpaired) electrons. The summed E-state index contributed by atoms with van der Waals surface area (Å²) in [4.78, 5) is -0.326. The number of hydrogen-bond acceptors (Lipinski definition) is 4. The Hall–Kier alpha value is -1.18. The second kappa shape index (κ2) is 4.77. The highest BCUT2D eigenvalue weighted by atomic mass is 32.2. The molecule has 0 bridgehead atoms. The van der Waals surface area contributed by atoms with Crippen molar-refractivity contribution in [2.24, 2.45) is 0 Å². The molecule has 0 fully saturated rings. The third-order valence-electron chi connectivity index (χ3n) is 1.90. The van der Waals surface area contributed by atoms with E-state index in [1.165, 1.54) is 13.0 Å². The Bertz CT molecular complexity index is 476. The van der Waals surface area contributed by atoms with Crippen molar-refractivity contribution in [3.63, 3.8) is 0 Å². The fraction of sp³-hybridized carbons (Fsp3) is 0.333. The van der Waals surface area contributed by atoms with Crippen LogP contribution in [0.25, 0.3) is 0 Å². The van der Waals surface area contributed by atoms with Gasteiger partial charge < -0.3 is 10.8 Å². The average molecular weight is 248 g/mol. The smallest absolute Gasteiger partial charge is 0.243 e. The Morgan fingerprint density at radius 1 is 1.56 bits per heavy atom. The van der Waals surface area contributed by atoms with Crippen LogP contribution in [-0.4, -0.2) is 26.2 Å². The SMILES string of the molecule is CC(CO)NS(=O)(=O)c1cc(F)ccc1N. The molecule has 1 rings (SSSR count). The minimum absolute atomic E-state index is 0.0426. The molecule has 1 atom stereocenters. The van der Waals surface area contributed by atoms with Crippen LogP contribution in [0.1, 0.15) is 6.92 Å². The van der Waals surface area contributed by atoms with Crippen molar-refractivity contribution in [3.8, 4) is 0 Å². The Morgan fingerprint density at radius 2 is 2.19 bits per heavy atom. The van der Waals surface area contributed by atoms with E-state index in [-0.39, 0.29) is 17.2 Å². The summed E-state index contributed by atoms with van der Waals surface area (Å²) in [5.41, 5.74) is 5.40. The zero-order valence-corrected chi connectivity index (χ0v) is 9.46. The van der Waals surface area contributed by atoms with E-state index in [4.69, 9.17) is 10.8 Å². The van der Waals surface area contributed by atoms with Gasteiger partial charge in [-0.15, -0.1) is 0 Å². The number of benzene rings is 1. The lowest BCUT2D eigenvalue weighted by Crippen LogP contribution is -2.35. The number of rotatable bonds is 4. The van der Waals surface area contributed by atoms with E-state index in [1.54, 1.807) is 0 Å². The predicted molar refractivity (Wildman–Crippen MR) is 57.7 cm³/mol. The van der Waals surface area contributed by atoms with Crippen molar-refractivity contribution in [1.29, 1.82) is 0 Å². The lowest BCUT2D eigenvalue weighted by atomic mass is 10.3. The van der Waals surface area contributed by atoms with E-state index in [2.05, 4.69) is 4.72 Å². The summed E-state index contributed by atoms with van der Waals surface area (Å²) < 4.78 is 38.5. The third-order valence-corrected chi connectivity index (χ3v) is 3.54. The number of anilines is 1.